The third-order valence-corrected chi connectivity index (χ3v) is 6.17. The molecule has 0 nitrogen and oxygen atoms in total. The summed E-state index contributed by atoms with van der Waals surface area (Å²) in [6, 6.07) is 19.9. The Morgan fingerprint density at radius 3 is 2.07 bits per heavy atom. The van der Waals surface area contributed by atoms with E-state index in [1.165, 1.54) is 58.2 Å². The minimum absolute atomic E-state index is 0.884. The average molecular weight is 371 g/mol. The summed E-state index contributed by atoms with van der Waals surface area (Å²) in [7, 11) is 0. The Balaban J connectivity index is 0.000000162. The van der Waals surface area contributed by atoms with Crippen LogP contribution < -0.4 is 0 Å². The maximum absolute atomic E-state index is 2.36. The molecule has 1 aliphatic carbocycles. The van der Waals surface area contributed by atoms with Crippen LogP contribution in [0.15, 0.2) is 54.6 Å². The lowest BCUT2D eigenvalue weighted by Crippen LogP contribution is -2.12. The zero-order valence-corrected chi connectivity index (χ0v) is 18.4. The molecule has 0 heteroatoms. The Labute approximate surface area is 171 Å². The van der Waals surface area contributed by atoms with Gasteiger partial charge >= 0.3 is 0 Å². The van der Waals surface area contributed by atoms with Crippen LogP contribution in [0, 0.1) is 40.5 Å². The van der Waals surface area contributed by atoms with Gasteiger partial charge in [-0.25, -0.2) is 0 Å². The third-order valence-electron chi connectivity index (χ3n) is 6.17. The summed E-state index contributed by atoms with van der Waals surface area (Å²) in [5.41, 5.74) is 12.8. The quantitative estimate of drug-likeness (QED) is 0.411. The van der Waals surface area contributed by atoms with Crippen LogP contribution in [0.2, 0.25) is 0 Å². The van der Waals surface area contributed by atoms with Crippen LogP contribution in [-0.2, 0) is 12.8 Å². The van der Waals surface area contributed by atoms with Gasteiger partial charge in [0.1, 0.15) is 0 Å². The molecule has 0 aliphatic heterocycles. The molecule has 0 fully saturated rings. The van der Waals surface area contributed by atoms with Crippen LogP contribution in [0.3, 0.4) is 0 Å². The van der Waals surface area contributed by atoms with E-state index in [0.29, 0.717) is 0 Å². The van der Waals surface area contributed by atoms with Crippen LogP contribution in [0.1, 0.15) is 52.3 Å². The van der Waals surface area contributed by atoms with Gasteiger partial charge < -0.3 is 0 Å². The highest BCUT2D eigenvalue weighted by Crippen LogP contribution is 2.29. The number of hydrogen-bond acceptors (Lipinski definition) is 0. The minimum atomic E-state index is 0.884. The van der Waals surface area contributed by atoms with Crippen molar-refractivity contribution in [1.29, 1.82) is 0 Å². The van der Waals surface area contributed by atoms with Gasteiger partial charge in [0.25, 0.3) is 0 Å². The Hall–Kier alpha value is -2.34. The van der Waals surface area contributed by atoms with Crippen LogP contribution >= 0.6 is 0 Å². The highest BCUT2D eigenvalue weighted by molar-refractivity contribution is 5.67. The normalized spacial score (nSPS) is 15.4. The smallest absolute Gasteiger partial charge is 0.0155 e. The molecule has 0 heterocycles. The molecular formula is C28H34. The van der Waals surface area contributed by atoms with Crippen molar-refractivity contribution in [2.45, 2.75) is 60.8 Å². The fourth-order valence-electron chi connectivity index (χ4n) is 4.21. The molecule has 1 unspecified atom stereocenters. The molecule has 4 rings (SSSR count). The summed E-state index contributed by atoms with van der Waals surface area (Å²) in [6.45, 7) is 13.3. The third kappa shape index (κ3) is 4.73. The maximum Gasteiger partial charge on any atom is -0.0155 e. The first-order valence-corrected chi connectivity index (χ1v) is 10.6. The molecule has 146 valence electrons. The van der Waals surface area contributed by atoms with Crippen molar-refractivity contribution in [1.82, 2.24) is 0 Å². The van der Waals surface area contributed by atoms with E-state index in [1.54, 1.807) is 11.1 Å². The number of fused-ring (bicyclic) bond motifs is 1. The molecule has 0 N–H and O–H groups in total. The number of hydrogen-bond donors (Lipinski definition) is 0. The SMILES string of the molecule is Cc1ccc(-c2ccc(C)cc2C)cc1.Cc1ccc2c(c1C)CCC(C)C2. The molecule has 0 bridgehead atoms. The van der Waals surface area contributed by atoms with E-state index in [1.807, 2.05) is 0 Å². The van der Waals surface area contributed by atoms with Crippen molar-refractivity contribution in [3.05, 3.63) is 93.5 Å². The summed E-state index contributed by atoms with van der Waals surface area (Å²) < 4.78 is 0. The zero-order chi connectivity index (χ0) is 20.3. The van der Waals surface area contributed by atoms with Crippen molar-refractivity contribution < 1.29 is 0 Å². The molecule has 1 aliphatic rings. The Morgan fingerprint density at radius 2 is 1.39 bits per heavy atom. The highest BCUT2D eigenvalue weighted by atomic mass is 14.2. The fourth-order valence-corrected chi connectivity index (χ4v) is 4.21. The van der Waals surface area contributed by atoms with Crippen molar-refractivity contribution in [2.24, 2.45) is 5.92 Å². The second-order valence-electron chi connectivity index (χ2n) is 8.68. The van der Waals surface area contributed by atoms with Gasteiger partial charge in [-0.05, 0) is 98.7 Å². The summed E-state index contributed by atoms with van der Waals surface area (Å²) in [4.78, 5) is 0. The fraction of sp³-hybridized carbons (Fsp3) is 0.357. The van der Waals surface area contributed by atoms with Gasteiger partial charge in [0, 0.05) is 0 Å². The maximum atomic E-state index is 2.36. The second-order valence-corrected chi connectivity index (χ2v) is 8.68. The van der Waals surface area contributed by atoms with Crippen LogP contribution in [0.5, 0.6) is 0 Å². The standard InChI is InChI=1S/C15H16.C13H18/c1-11-4-7-14(8-5-11)15-9-6-12(2)10-13(15)3;1-9-4-7-13-11(3)10(2)5-6-12(13)8-9/h4-10H,1-3H3;5-6,9H,4,7-8H2,1-3H3. The predicted octanol–water partition coefficient (Wildman–Crippen LogP) is 7.71. The van der Waals surface area contributed by atoms with Crippen molar-refractivity contribution >= 4 is 0 Å². The Bertz CT molecular complexity index is 945. The van der Waals surface area contributed by atoms with Gasteiger partial charge in [0.05, 0.1) is 0 Å². The first-order valence-electron chi connectivity index (χ1n) is 10.6. The summed E-state index contributed by atoms with van der Waals surface area (Å²) in [5.74, 6) is 0.884. The monoisotopic (exact) mass is 370 g/mol. The minimum Gasteiger partial charge on any atom is -0.0622 e. The summed E-state index contributed by atoms with van der Waals surface area (Å²) >= 11 is 0. The molecule has 0 radical (unpaired) electrons. The molecular weight excluding hydrogens is 336 g/mol. The lowest BCUT2D eigenvalue weighted by molar-refractivity contribution is 0.499. The highest BCUT2D eigenvalue weighted by Gasteiger charge is 2.16. The van der Waals surface area contributed by atoms with Crippen molar-refractivity contribution in [2.75, 3.05) is 0 Å². The first kappa shape index (κ1) is 20.4. The van der Waals surface area contributed by atoms with E-state index in [-0.39, 0.29) is 0 Å². The molecule has 0 saturated heterocycles. The van der Waals surface area contributed by atoms with E-state index in [4.69, 9.17) is 0 Å². The summed E-state index contributed by atoms with van der Waals surface area (Å²) in [5, 5.41) is 0. The summed E-state index contributed by atoms with van der Waals surface area (Å²) in [6.07, 6.45) is 3.96. The second kappa shape index (κ2) is 8.78. The molecule has 1 atom stereocenters. The van der Waals surface area contributed by atoms with Gasteiger partial charge in [0.15, 0.2) is 0 Å². The van der Waals surface area contributed by atoms with E-state index >= 15 is 0 Å². The molecule has 0 saturated carbocycles. The van der Waals surface area contributed by atoms with E-state index in [0.717, 1.165) is 5.92 Å². The van der Waals surface area contributed by atoms with Gasteiger partial charge in [-0.15, -0.1) is 0 Å². The molecule has 3 aromatic rings. The van der Waals surface area contributed by atoms with Crippen LogP contribution in [0.25, 0.3) is 11.1 Å². The van der Waals surface area contributed by atoms with E-state index in [2.05, 4.69) is 96.1 Å². The van der Waals surface area contributed by atoms with E-state index < -0.39 is 0 Å². The number of rotatable bonds is 1. The predicted molar refractivity (Wildman–Crippen MR) is 123 cm³/mol. The molecule has 0 amide bonds. The lowest BCUT2D eigenvalue weighted by Gasteiger charge is -2.23. The molecule has 3 aromatic carbocycles. The topological polar surface area (TPSA) is 0 Å². The Kier molecular flexibility index (Phi) is 6.39. The van der Waals surface area contributed by atoms with Crippen LogP contribution in [0.4, 0.5) is 0 Å². The van der Waals surface area contributed by atoms with Gasteiger partial charge in [-0.3, -0.25) is 0 Å². The number of aryl methyl sites for hydroxylation is 4. The van der Waals surface area contributed by atoms with Gasteiger partial charge in [-0.1, -0.05) is 72.6 Å². The number of benzene rings is 3. The largest absolute Gasteiger partial charge is 0.0622 e. The van der Waals surface area contributed by atoms with E-state index in [9.17, 15) is 0 Å². The Morgan fingerprint density at radius 1 is 0.714 bits per heavy atom. The van der Waals surface area contributed by atoms with Crippen molar-refractivity contribution in [3.63, 3.8) is 0 Å². The molecule has 0 aromatic heterocycles. The van der Waals surface area contributed by atoms with Crippen LogP contribution in [-0.4, -0.2) is 0 Å². The lowest BCUT2D eigenvalue weighted by atomic mass is 9.82. The van der Waals surface area contributed by atoms with Gasteiger partial charge in [-0.2, -0.15) is 0 Å². The molecule has 0 spiro atoms. The zero-order valence-electron chi connectivity index (χ0n) is 18.4. The first-order chi connectivity index (χ1) is 13.3. The average Bonchev–Trinajstić information content (AvgIpc) is 2.66. The molecule has 28 heavy (non-hydrogen) atoms. The van der Waals surface area contributed by atoms with Gasteiger partial charge in [0.2, 0.25) is 0 Å². The van der Waals surface area contributed by atoms with Crippen molar-refractivity contribution in [3.8, 4) is 11.1 Å².